The van der Waals surface area contributed by atoms with E-state index in [-0.39, 0.29) is 23.7 Å². The van der Waals surface area contributed by atoms with Gasteiger partial charge in [0.1, 0.15) is 11.8 Å². The standard InChI is InChI=1S/C18H19NOS/c1-19-12-11-17(18-10-5-13-21-18)20-16-9-4-7-14-6-2-3-8-15(14)16/h2-10,13,17,19H,11-12H2,1H3/i1D3,2D,3D,4D,6D,7D,8D,9D,17D. The molecule has 3 heteroatoms. The van der Waals surface area contributed by atoms with Crippen LogP contribution in [0, 0.1) is 0 Å². The van der Waals surface area contributed by atoms with Crippen molar-refractivity contribution in [3.05, 3.63) is 64.7 Å². The molecule has 2 nitrogen and oxygen atoms in total. The Morgan fingerprint density at radius 3 is 3.10 bits per heavy atom. The highest BCUT2D eigenvalue weighted by molar-refractivity contribution is 7.10. The molecule has 0 amide bonds. The van der Waals surface area contributed by atoms with Crippen molar-refractivity contribution >= 4 is 22.1 Å². The summed E-state index contributed by atoms with van der Waals surface area (Å²) in [5, 5.41) is 3.45. The molecule has 0 aliphatic carbocycles. The van der Waals surface area contributed by atoms with Gasteiger partial charge < -0.3 is 10.1 Å². The third kappa shape index (κ3) is 3.26. The Morgan fingerprint density at radius 2 is 2.24 bits per heavy atom. The lowest BCUT2D eigenvalue weighted by atomic mass is 10.1. The second-order valence-electron chi connectivity index (χ2n) is 4.13. The molecule has 0 bridgehead atoms. The van der Waals surface area contributed by atoms with Gasteiger partial charge in [0.15, 0.2) is 0 Å². The van der Waals surface area contributed by atoms with Gasteiger partial charge in [0, 0.05) is 20.8 Å². The lowest BCUT2D eigenvalue weighted by Crippen LogP contribution is -2.15. The molecule has 21 heavy (non-hydrogen) atoms. The van der Waals surface area contributed by atoms with Crippen LogP contribution in [0.1, 0.15) is 32.5 Å². The van der Waals surface area contributed by atoms with Crippen LogP contribution in [0.3, 0.4) is 0 Å². The summed E-state index contributed by atoms with van der Waals surface area (Å²) >= 11 is 1.16. The molecule has 1 atom stereocenters. The van der Waals surface area contributed by atoms with Gasteiger partial charge in [-0.25, -0.2) is 0 Å². The summed E-state index contributed by atoms with van der Waals surface area (Å²) < 4.78 is 93.5. The first-order chi connectivity index (χ1) is 14.8. The highest BCUT2D eigenvalue weighted by Gasteiger charge is 2.15. The van der Waals surface area contributed by atoms with Crippen LogP contribution in [0.15, 0.2) is 59.8 Å². The van der Waals surface area contributed by atoms with E-state index in [1.807, 2.05) is 0 Å². The molecule has 1 aromatic heterocycles. The molecule has 108 valence electrons. The Hall–Kier alpha value is -1.84. The van der Waals surface area contributed by atoms with Gasteiger partial charge in [0.25, 0.3) is 0 Å². The molecule has 0 radical (unpaired) electrons. The van der Waals surface area contributed by atoms with E-state index < -0.39 is 61.1 Å². The number of fused-ring (bicyclic) bond motifs is 1. The van der Waals surface area contributed by atoms with Gasteiger partial charge in [-0.2, -0.15) is 0 Å². The molecule has 2 aromatic carbocycles. The van der Waals surface area contributed by atoms with Crippen LogP contribution >= 0.6 is 11.3 Å². The van der Waals surface area contributed by atoms with Gasteiger partial charge in [0.2, 0.25) is 0 Å². The maximum atomic E-state index is 8.92. The first kappa shape index (κ1) is 6.11. The monoisotopic (exact) mass is 308 g/mol. The van der Waals surface area contributed by atoms with E-state index >= 15 is 0 Å². The molecule has 3 rings (SSSR count). The Balaban J connectivity index is 2.23. The highest BCUT2D eigenvalue weighted by atomic mass is 32.1. The minimum absolute atomic E-state index is 0.147. The fraction of sp³-hybridized carbons (Fsp3) is 0.222. The number of benzene rings is 2. The number of nitrogens with one attached hydrogen (secondary N) is 1. The maximum absolute atomic E-state index is 8.92. The smallest absolute Gasteiger partial charge is 0.134 e. The number of ether oxygens (including phenoxy) is 1. The first-order valence-corrected chi connectivity index (χ1v) is 7.14. The molecular weight excluding hydrogens is 278 g/mol. The predicted molar refractivity (Wildman–Crippen MR) is 90.2 cm³/mol. The maximum Gasteiger partial charge on any atom is 0.134 e. The van der Waals surface area contributed by atoms with Crippen molar-refractivity contribution in [2.24, 2.45) is 0 Å². The van der Waals surface area contributed by atoms with Crippen molar-refractivity contribution in [3.8, 4) is 5.75 Å². The van der Waals surface area contributed by atoms with E-state index in [1.165, 1.54) is 0 Å². The zero-order chi connectivity index (χ0) is 24.0. The molecule has 0 saturated carbocycles. The van der Waals surface area contributed by atoms with E-state index in [0.717, 1.165) is 11.3 Å². The second kappa shape index (κ2) is 6.74. The zero-order valence-corrected chi connectivity index (χ0v) is 11.8. The molecule has 0 fully saturated rings. The van der Waals surface area contributed by atoms with Crippen molar-refractivity contribution in [1.82, 2.24) is 5.32 Å². The fourth-order valence-corrected chi connectivity index (χ4v) is 2.56. The minimum Gasteiger partial charge on any atom is -0.484 e. The molecule has 1 heterocycles. The summed E-state index contributed by atoms with van der Waals surface area (Å²) in [6.07, 6.45) is -2.09. The summed E-state index contributed by atoms with van der Waals surface area (Å²) in [6, 6.07) is -0.757. The number of hydrogen-bond acceptors (Lipinski definition) is 3. The van der Waals surface area contributed by atoms with Gasteiger partial charge >= 0.3 is 0 Å². The summed E-state index contributed by atoms with van der Waals surface area (Å²) in [6.45, 7) is -2.59. The lowest BCUT2D eigenvalue weighted by Gasteiger charge is -2.19. The van der Waals surface area contributed by atoms with Crippen LogP contribution in [0.25, 0.3) is 10.8 Å². The van der Waals surface area contributed by atoms with E-state index in [9.17, 15) is 0 Å². The van der Waals surface area contributed by atoms with Crippen molar-refractivity contribution in [1.29, 1.82) is 0 Å². The first-order valence-electron chi connectivity index (χ1n) is 11.8. The van der Waals surface area contributed by atoms with Gasteiger partial charge in [-0.15, -0.1) is 11.3 Å². The normalized spacial score (nSPS) is 22.0. The molecule has 1 N–H and O–H groups in total. The molecule has 0 aliphatic rings. The largest absolute Gasteiger partial charge is 0.484 e. The topological polar surface area (TPSA) is 21.3 Å². The van der Waals surface area contributed by atoms with Crippen molar-refractivity contribution in [2.45, 2.75) is 12.5 Å². The summed E-state index contributed by atoms with van der Waals surface area (Å²) in [5.41, 5.74) is 0. The minimum atomic E-state index is -2.44. The van der Waals surface area contributed by atoms with Crippen LogP contribution in [0.2, 0.25) is 0 Å². The Bertz CT molecular complexity index is 1150. The van der Waals surface area contributed by atoms with Crippen LogP contribution in [-0.2, 0) is 0 Å². The van der Waals surface area contributed by atoms with E-state index in [2.05, 4.69) is 5.32 Å². The summed E-state index contributed by atoms with van der Waals surface area (Å²) in [7, 11) is 0. The number of rotatable bonds is 6. The SMILES string of the molecule is [2H]c1c([2H])c([2H])c2c(OC([2H])(CCNC([2H])([2H])[2H])c3cccs3)c([2H])c([2H])c([2H])c2c1[2H]. The lowest BCUT2D eigenvalue weighted by molar-refractivity contribution is 0.201. The second-order valence-corrected chi connectivity index (χ2v) is 5.08. The van der Waals surface area contributed by atoms with Crippen molar-refractivity contribution in [2.75, 3.05) is 13.5 Å². The Kier molecular flexibility index (Phi) is 1.96. The third-order valence-corrected chi connectivity index (χ3v) is 3.69. The summed E-state index contributed by atoms with van der Waals surface area (Å²) in [5.74, 6) is -0.426. The van der Waals surface area contributed by atoms with Gasteiger partial charge in [0.05, 0.1) is 11.0 Å². The quantitative estimate of drug-likeness (QED) is 0.717. The number of thiophene rings is 1. The predicted octanol–water partition coefficient (Wildman–Crippen LogP) is 4.63. The van der Waals surface area contributed by atoms with Crippen molar-refractivity contribution in [3.63, 3.8) is 0 Å². The highest BCUT2D eigenvalue weighted by Crippen LogP contribution is 2.32. The Morgan fingerprint density at radius 1 is 1.33 bits per heavy atom. The third-order valence-electron chi connectivity index (χ3n) is 2.78. The molecule has 3 aromatic rings. The van der Waals surface area contributed by atoms with Crippen molar-refractivity contribution < 1.29 is 19.8 Å². The fourth-order valence-electron chi connectivity index (χ4n) is 1.83. The van der Waals surface area contributed by atoms with Gasteiger partial charge in [-0.1, -0.05) is 42.3 Å². The average molecular weight is 308 g/mol. The van der Waals surface area contributed by atoms with Gasteiger partial charge in [-0.05, 0) is 36.4 Å². The van der Waals surface area contributed by atoms with Crippen LogP contribution in [0.5, 0.6) is 5.75 Å². The molecule has 1 unspecified atom stereocenters. The average Bonchev–Trinajstić information content (AvgIpc) is 3.25. The molecule has 0 aliphatic heterocycles. The molecule has 0 spiro atoms. The number of hydrogen-bond donors (Lipinski definition) is 1. The molecular formula is C18H19NOS. The summed E-state index contributed by atoms with van der Waals surface area (Å²) in [4.78, 5) is 0.375. The van der Waals surface area contributed by atoms with Crippen LogP contribution in [0.4, 0.5) is 0 Å². The van der Waals surface area contributed by atoms with E-state index in [1.54, 1.807) is 17.5 Å². The van der Waals surface area contributed by atoms with Crippen LogP contribution < -0.4 is 10.1 Å². The van der Waals surface area contributed by atoms with E-state index in [0.29, 0.717) is 4.88 Å². The van der Waals surface area contributed by atoms with E-state index in [4.69, 9.17) is 19.8 Å². The Labute approximate surface area is 144 Å². The van der Waals surface area contributed by atoms with Crippen LogP contribution in [-0.4, -0.2) is 13.5 Å². The van der Waals surface area contributed by atoms with Gasteiger partial charge in [-0.3, -0.25) is 0 Å². The molecule has 0 saturated heterocycles. The zero-order valence-electron chi connectivity index (χ0n) is 22.0.